The van der Waals surface area contributed by atoms with Gasteiger partial charge >= 0.3 is 5.97 Å². The molecule has 0 spiro atoms. The maximum absolute atomic E-state index is 11.5. The third-order valence-corrected chi connectivity index (χ3v) is 9.16. The Morgan fingerprint density at radius 3 is 2.13 bits per heavy atom. The molecule has 126 valence electrons. The molecule has 0 heterocycles. The first-order valence-electron chi connectivity index (χ1n) is 7.85. The quantitative estimate of drug-likeness (QED) is 0.449. The number of benzene rings is 1. The summed E-state index contributed by atoms with van der Waals surface area (Å²) >= 11 is 0. The highest BCUT2D eigenvalue weighted by Crippen LogP contribution is 2.39. The molecule has 0 aliphatic heterocycles. The van der Waals surface area contributed by atoms with E-state index in [-0.39, 0.29) is 23.0 Å². The van der Waals surface area contributed by atoms with E-state index >= 15 is 0 Å². The maximum atomic E-state index is 11.5. The number of esters is 1. The number of methoxy groups -OCH3 is 1. The maximum Gasteiger partial charge on any atom is 0.337 e. The summed E-state index contributed by atoms with van der Waals surface area (Å²) in [5.74, 6) is 2.52. The summed E-state index contributed by atoms with van der Waals surface area (Å²) < 4.78 is 11.1. The van der Waals surface area contributed by atoms with Gasteiger partial charge in [-0.2, -0.15) is 0 Å². The van der Waals surface area contributed by atoms with Gasteiger partial charge in [0.15, 0.2) is 8.32 Å². The standard InChI is InChI=1S/C19H28O3Si/c1-9-17(22-23(7,8)19(3,4)5)14(2)15-10-12-16(13-11-15)18(20)21-6/h1,10-14,17H,2-8H3. The largest absolute Gasteiger partial charge is 0.465 e. The summed E-state index contributed by atoms with van der Waals surface area (Å²) in [6.45, 7) is 13.0. The molecule has 0 N–H and O–H groups in total. The van der Waals surface area contributed by atoms with Gasteiger partial charge in [0.1, 0.15) is 6.10 Å². The van der Waals surface area contributed by atoms with Crippen LogP contribution in [0.1, 0.15) is 49.5 Å². The second kappa shape index (κ2) is 7.33. The molecular weight excluding hydrogens is 304 g/mol. The fourth-order valence-corrected chi connectivity index (χ4v) is 3.25. The molecule has 2 atom stereocenters. The van der Waals surface area contributed by atoms with Crippen molar-refractivity contribution in [3.05, 3.63) is 35.4 Å². The Morgan fingerprint density at radius 2 is 1.74 bits per heavy atom. The Hall–Kier alpha value is -1.57. The minimum Gasteiger partial charge on any atom is -0.465 e. The van der Waals surface area contributed by atoms with Crippen molar-refractivity contribution < 1.29 is 14.0 Å². The topological polar surface area (TPSA) is 35.5 Å². The molecule has 0 aliphatic carbocycles. The number of hydrogen-bond donors (Lipinski definition) is 0. The highest BCUT2D eigenvalue weighted by molar-refractivity contribution is 6.74. The molecule has 0 radical (unpaired) electrons. The van der Waals surface area contributed by atoms with E-state index in [1.807, 2.05) is 12.1 Å². The minimum absolute atomic E-state index is 0.0563. The molecule has 0 amide bonds. The van der Waals surface area contributed by atoms with Crippen LogP contribution in [0.3, 0.4) is 0 Å². The molecule has 0 fully saturated rings. The Balaban J connectivity index is 2.95. The van der Waals surface area contributed by atoms with Crippen molar-refractivity contribution in [3.8, 4) is 12.3 Å². The molecule has 0 aromatic heterocycles. The molecular formula is C19H28O3Si. The predicted molar refractivity (Wildman–Crippen MR) is 97.1 cm³/mol. The van der Waals surface area contributed by atoms with Crippen LogP contribution in [-0.4, -0.2) is 27.5 Å². The van der Waals surface area contributed by atoms with Crippen molar-refractivity contribution in [2.45, 2.75) is 57.8 Å². The highest BCUT2D eigenvalue weighted by Gasteiger charge is 2.40. The molecule has 0 bridgehead atoms. The lowest BCUT2D eigenvalue weighted by Crippen LogP contribution is -2.44. The van der Waals surface area contributed by atoms with E-state index < -0.39 is 8.32 Å². The summed E-state index contributed by atoms with van der Waals surface area (Å²) in [4.78, 5) is 11.5. The van der Waals surface area contributed by atoms with Crippen LogP contribution in [0, 0.1) is 12.3 Å². The van der Waals surface area contributed by atoms with Crippen LogP contribution in [0.2, 0.25) is 18.1 Å². The van der Waals surface area contributed by atoms with Crippen molar-refractivity contribution in [1.29, 1.82) is 0 Å². The molecule has 1 aromatic carbocycles. The first kappa shape index (κ1) is 19.5. The van der Waals surface area contributed by atoms with Crippen LogP contribution < -0.4 is 0 Å². The second-order valence-corrected chi connectivity index (χ2v) is 12.1. The monoisotopic (exact) mass is 332 g/mol. The fourth-order valence-electron chi connectivity index (χ4n) is 1.99. The van der Waals surface area contributed by atoms with Gasteiger partial charge in [0.2, 0.25) is 0 Å². The lowest BCUT2D eigenvalue weighted by atomic mass is 9.95. The van der Waals surface area contributed by atoms with E-state index in [9.17, 15) is 4.79 Å². The third-order valence-electron chi connectivity index (χ3n) is 4.70. The summed E-state index contributed by atoms with van der Waals surface area (Å²) in [6, 6.07) is 7.35. The summed E-state index contributed by atoms with van der Waals surface area (Å²) in [5.41, 5.74) is 1.59. The Bertz CT molecular complexity index is 576. The van der Waals surface area contributed by atoms with E-state index in [4.69, 9.17) is 15.6 Å². The van der Waals surface area contributed by atoms with E-state index in [1.54, 1.807) is 12.1 Å². The van der Waals surface area contributed by atoms with E-state index in [2.05, 4.69) is 46.7 Å². The smallest absolute Gasteiger partial charge is 0.337 e. The Kier molecular flexibility index (Phi) is 6.21. The van der Waals surface area contributed by atoms with Crippen molar-refractivity contribution in [3.63, 3.8) is 0 Å². The zero-order chi connectivity index (χ0) is 17.8. The van der Waals surface area contributed by atoms with E-state index in [0.29, 0.717) is 5.56 Å². The second-order valence-electron chi connectivity index (χ2n) is 7.37. The zero-order valence-electron chi connectivity index (χ0n) is 15.3. The number of terminal acetylenes is 1. The SMILES string of the molecule is C#CC(O[Si](C)(C)C(C)(C)C)C(C)c1ccc(C(=O)OC)cc1. The van der Waals surface area contributed by atoms with Gasteiger partial charge in [0.25, 0.3) is 0 Å². The molecule has 0 saturated heterocycles. The van der Waals surface area contributed by atoms with Crippen LogP contribution in [0.25, 0.3) is 0 Å². The van der Waals surface area contributed by atoms with Gasteiger partial charge in [-0.3, -0.25) is 0 Å². The van der Waals surface area contributed by atoms with Gasteiger partial charge in [0, 0.05) is 5.92 Å². The molecule has 1 aromatic rings. The van der Waals surface area contributed by atoms with Crippen molar-refractivity contribution in [2.24, 2.45) is 0 Å². The average molecular weight is 333 g/mol. The number of carbonyl (C=O) groups is 1. The molecule has 3 nitrogen and oxygen atoms in total. The van der Waals surface area contributed by atoms with E-state index in [1.165, 1.54) is 7.11 Å². The molecule has 23 heavy (non-hydrogen) atoms. The molecule has 4 heteroatoms. The van der Waals surface area contributed by atoms with Crippen LogP contribution in [0.4, 0.5) is 0 Å². The summed E-state index contributed by atoms with van der Waals surface area (Å²) in [6.07, 6.45) is 5.46. The summed E-state index contributed by atoms with van der Waals surface area (Å²) in [5, 5.41) is 0.108. The lowest BCUT2D eigenvalue weighted by Gasteiger charge is -2.39. The molecule has 0 aliphatic rings. The minimum atomic E-state index is -1.94. The number of ether oxygens (including phenoxy) is 1. The Morgan fingerprint density at radius 1 is 1.22 bits per heavy atom. The van der Waals surface area contributed by atoms with Gasteiger partial charge in [-0.25, -0.2) is 4.79 Å². The van der Waals surface area contributed by atoms with Crippen LogP contribution in [0.5, 0.6) is 0 Å². The molecule has 0 saturated carbocycles. The number of carbonyl (C=O) groups excluding carboxylic acids is 1. The lowest BCUT2D eigenvalue weighted by molar-refractivity contribution is 0.0600. The first-order valence-corrected chi connectivity index (χ1v) is 10.8. The fraction of sp³-hybridized carbons (Fsp3) is 0.526. The van der Waals surface area contributed by atoms with E-state index in [0.717, 1.165) is 5.56 Å². The Labute approximate surface area is 141 Å². The third kappa shape index (κ3) is 4.70. The van der Waals surface area contributed by atoms with Gasteiger partial charge in [-0.15, -0.1) is 6.42 Å². The normalized spacial score (nSPS) is 14.7. The van der Waals surface area contributed by atoms with Crippen LogP contribution in [-0.2, 0) is 9.16 Å². The number of hydrogen-bond acceptors (Lipinski definition) is 3. The van der Waals surface area contributed by atoms with Crippen molar-refractivity contribution in [2.75, 3.05) is 7.11 Å². The highest BCUT2D eigenvalue weighted by atomic mass is 28.4. The van der Waals surface area contributed by atoms with Gasteiger partial charge in [0.05, 0.1) is 12.7 Å². The first-order chi connectivity index (χ1) is 10.5. The van der Waals surface area contributed by atoms with Crippen molar-refractivity contribution >= 4 is 14.3 Å². The van der Waals surface area contributed by atoms with Gasteiger partial charge in [-0.1, -0.05) is 45.7 Å². The summed E-state index contributed by atoms with van der Waals surface area (Å²) in [7, 11) is -0.561. The molecule has 1 rings (SSSR count). The van der Waals surface area contributed by atoms with Crippen molar-refractivity contribution in [1.82, 2.24) is 0 Å². The predicted octanol–water partition coefficient (Wildman–Crippen LogP) is 4.60. The average Bonchev–Trinajstić information content (AvgIpc) is 2.50. The van der Waals surface area contributed by atoms with Gasteiger partial charge < -0.3 is 9.16 Å². The van der Waals surface area contributed by atoms with Crippen LogP contribution in [0.15, 0.2) is 24.3 Å². The number of rotatable bonds is 5. The van der Waals surface area contributed by atoms with Gasteiger partial charge in [-0.05, 0) is 35.8 Å². The molecule has 2 unspecified atom stereocenters. The van der Waals surface area contributed by atoms with Crippen LogP contribution >= 0.6 is 0 Å². The zero-order valence-corrected chi connectivity index (χ0v) is 16.3.